The highest BCUT2D eigenvalue weighted by molar-refractivity contribution is 7.91. The Morgan fingerprint density at radius 1 is 1.36 bits per heavy atom. The van der Waals surface area contributed by atoms with E-state index in [1.165, 1.54) is 5.56 Å². The summed E-state index contributed by atoms with van der Waals surface area (Å²) in [6.07, 6.45) is 0.535. The first-order valence-corrected chi connectivity index (χ1v) is 9.41. The molecule has 1 atom stereocenters. The number of carbonyl (C=O) groups excluding carboxylic acids is 1. The fourth-order valence-electron chi connectivity index (χ4n) is 2.74. The van der Waals surface area contributed by atoms with Gasteiger partial charge in [0.15, 0.2) is 9.84 Å². The SMILES string of the molecule is CC(C)c1ccccc1NCC(=O)N(C)C1CCS(=O)(=O)C1. The molecule has 1 amide bonds. The van der Waals surface area contributed by atoms with Crippen LogP contribution in [0.25, 0.3) is 0 Å². The second-order valence-corrected chi connectivity index (χ2v) is 8.39. The molecule has 1 unspecified atom stereocenters. The van der Waals surface area contributed by atoms with Crippen LogP contribution in [0, 0.1) is 0 Å². The minimum atomic E-state index is -2.97. The molecule has 1 fully saturated rings. The van der Waals surface area contributed by atoms with Crippen LogP contribution < -0.4 is 5.32 Å². The Kier molecular flexibility index (Phi) is 5.11. The van der Waals surface area contributed by atoms with E-state index in [0.717, 1.165) is 5.69 Å². The van der Waals surface area contributed by atoms with Crippen molar-refractivity contribution >= 4 is 21.4 Å². The van der Waals surface area contributed by atoms with Gasteiger partial charge in [0.05, 0.1) is 18.1 Å². The molecule has 1 N–H and O–H groups in total. The number of sulfone groups is 1. The average molecular weight is 324 g/mol. The summed E-state index contributed by atoms with van der Waals surface area (Å²) in [6.45, 7) is 4.40. The summed E-state index contributed by atoms with van der Waals surface area (Å²) >= 11 is 0. The first-order chi connectivity index (χ1) is 10.3. The zero-order chi connectivity index (χ0) is 16.3. The molecular weight excluding hydrogens is 300 g/mol. The molecule has 0 spiro atoms. The van der Waals surface area contributed by atoms with Gasteiger partial charge in [-0.2, -0.15) is 0 Å². The maximum atomic E-state index is 12.3. The number of para-hydroxylation sites is 1. The van der Waals surface area contributed by atoms with Gasteiger partial charge in [0.1, 0.15) is 0 Å². The molecule has 22 heavy (non-hydrogen) atoms. The fraction of sp³-hybridized carbons (Fsp3) is 0.562. The summed E-state index contributed by atoms with van der Waals surface area (Å²) in [5.74, 6) is 0.550. The number of amides is 1. The number of rotatable bonds is 5. The standard InChI is InChI=1S/C16H24N2O3S/c1-12(2)14-6-4-5-7-15(14)17-10-16(19)18(3)13-8-9-22(20,21)11-13/h4-7,12-13,17H,8-11H2,1-3H3. The monoisotopic (exact) mass is 324 g/mol. The van der Waals surface area contributed by atoms with Gasteiger partial charge in [-0.1, -0.05) is 32.0 Å². The molecule has 0 aliphatic carbocycles. The van der Waals surface area contributed by atoms with Crippen molar-refractivity contribution in [2.24, 2.45) is 0 Å². The predicted octanol–water partition coefficient (Wildman–Crippen LogP) is 1.87. The lowest BCUT2D eigenvalue weighted by Crippen LogP contribution is -2.41. The Morgan fingerprint density at radius 2 is 2.05 bits per heavy atom. The predicted molar refractivity (Wildman–Crippen MR) is 88.8 cm³/mol. The van der Waals surface area contributed by atoms with Gasteiger partial charge in [0.2, 0.25) is 5.91 Å². The highest BCUT2D eigenvalue weighted by Gasteiger charge is 2.32. The van der Waals surface area contributed by atoms with E-state index in [1.807, 2.05) is 24.3 Å². The third kappa shape index (κ3) is 4.00. The zero-order valence-corrected chi connectivity index (χ0v) is 14.2. The summed E-state index contributed by atoms with van der Waals surface area (Å²) in [4.78, 5) is 13.8. The summed E-state index contributed by atoms with van der Waals surface area (Å²) in [5, 5.41) is 3.18. The molecule has 1 aliphatic heterocycles. The van der Waals surface area contributed by atoms with Gasteiger partial charge < -0.3 is 10.2 Å². The Morgan fingerprint density at radius 3 is 2.64 bits per heavy atom. The highest BCUT2D eigenvalue weighted by Crippen LogP contribution is 2.23. The Hall–Kier alpha value is -1.56. The Balaban J connectivity index is 1.96. The third-order valence-electron chi connectivity index (χ3n) is 4.16. The van der Waals surface area contributed by atoms with Crippen LogP contribution >= 0.6 is 0 Å². The summed E-state index contributed by atoms with van der Waals surface area (Å²) < 4.78 is 23.0. The van der Waals surface area contributed by atoms with Gasteiger partial charge >= 0.3 is 0 Å². The molecule has 0 radical (unpaired) electrons. The number of nitrogens with zero attached hydrogens (tertiary/aromatic N) is 1. The third-order valence-corrected chi connectivity index (χ3v) is 5.91. The number of benzene rings is 1. The van der Waals surface area contributed by atoms with Gasteiger partial charge in [-0.25, -0.2) is 8.42 Å². The summed E-state index contributed by atoms with van der Waals surface area (Å²) in [6, 6.07) is 7.73. The van der Waals surface area contributed by atoms with Gasteiger partial charge in [0.25, 0.3) is 0 Å². The van der Waals surface area contributed by atoms with E-state index in [9.17, 15) is 13.2 Å². The molecule has 0 aromatic heterocycles. The van der Waals surface area contributed by atoms with E-state index >= 15 is 0 Å². The van der Waals surface area contributed by atoms with Crippen molar-refractivity contribution in [1.82, 2.24) is 4.90 Å². The molecule has 1 heterocycles. The van der Waals surface area contributed by atoms with Crippen molar-refractivity contribution in [3.05, 3.63) is 29.8 Å². The van der Waals surface area contributed by atoms with Crippen LogP contribution in [0.4, 0.5) is 5.69 Å². The van der Waals surface area contributed by atoms with Gasteiger partial charge in [-0.3, -0.25) is 4.79 Å². The molecule has 1 aromatic rings. The number of hydrogen-bond donors (Lipinski definition) is 1. The second-order valence-electron chi connectivity index (χ2n) is 6.16. The molecule has 5 nitrogen and oxygen atoms in total. The van der Waals surface area contributed by atoms with Crippen LogP contribution in [0.5, 0.6) is 0 Å². The van der Waals surface area contributed by atoms with Crippen molar-refractivity contribution in [1.29, 1.82) is 0 Å². The number of carbonyl (C=O) groups is 1. The number of anilines is 1. The topological polar surface area (TPSA) is 66.5 Å². The molecule has 1 saturated heterocycles. The van der Waals surface area contributed by atoms with Crippen molar-refractivity contribution in [2.75, 3.05) is 30.4 Å². The second kappa shape index (κ2) is 6.69. The summed E-state index contributed by atoms with van der Waals surface area (Å²) in [7, 11) is -1.29. The lowest BCUT2D eigenvalue weighted by Gasteiger charge is -2.24. The molecule has 6 heteroatoms. The van der Waals surface area contributed by atoms with E-state index in [2.05, 4.69) is 19.2 Å². The van der Waals surface area contributed by atoms with Crippen molar-refractivity contribution < 1.29 is 13.2 Å². The van der Waals surface area contributed by atoms with E-state index in [1.54, 1.807) is 11.9 Å². The Bertz CT molecular complexity index is 641. The minimum absolute atomic E-state index is 0.0812. The molecule has 1 aliphatic rings. The number of likely N-dealkylation sites (N-methyl/N-ethyl adjacent to an activating group) is 1. The van der Waals surface area contributed by atoms with E-state index in [0.29, 0.717) is 12.3 Å². The Labute approximate surface area is 132 Å². The van der Waals surface area contributed by atoms with Crippen molar-refractivity contribution in [2.45, 2.75) is 32.2 Å². The first kappa shape index (κ1) is 16.8. The van der Waals surface area contributed by atoms with Crippen LogP contribution in [0.3, 0.4) is 0 Å². The maximum absolute atomic E-state index is 12.3. The molecule has 1 aromatic carbocycles. The van der Waals surface area contributed by atoms with E-state index < -0.39 is 9.84 Å². The molecule has 0 saturated carbocycles. The van der Waals surface area contributed by atoms with E-state index in [4.69, 9.17) is 0 Å². The van der Waals surface area contributed by atoms with Crippen LogP contribution in [-0.4, -0.2) is 50.4 Å². The van der Waals surface area contributed by atoms with Crippen LogP contribution in [0.1, 0.15) is 31.7 Å². The normalized spacial score (nSPS) is 20.1. The van der Waals surface area contributed by atoms with Crippen LogP contribution in [0.15, 0.2) is 24.3 Å². The average Bonchev–Trinajstić information content (AvgIpc) is 2.84. The summed E-state index contributed by atoms with van der Waals surface area (Å²) in [5.41, 5.74) is 2.12. The van der Waals surface area contributed by atoms with Gasteiger partial charge in [-0.15, -0.1) is 0 Å². The highest BCUT2D eigenvalue weighted by atomic mass is 32.2. The lowest BCUT2D eigenvalue weighted by atomic mass is 10.0. The largest absolute Gasteiger partial charge is 0.376 e. The number of hydrogen-bond acceptors (Lipinski definition) is 4. The van der Waals surface area contributed by atoms with E-state index in [-0.39, 0.29) is 30.0 Å². The maximum Gasteiger partial charge on any atom is 0.241 e. The minimum Gasteiger partial charge on any atom is -0.376 e. The smallest absolute Gasteiger partial charge is 0.241 e. The molecule has 122 valence electrons. The van der Waals surface area contributed by atoms with Gasteiger partial charge in [-0.05, 0) is 24.0 Å². The molecule has 2 rings (SSSR count). The van der Waals surface area contributed by atoms with Crippen molar-refractivity contribution in [3.8, 4) is 0 Å². The van der Waals surface area contributed by atoms with Crippen LogP contribution in [0.2, 0.25) is 0 Å². The molecule has 0 bridgehead atoms. The number of nitrogens with one attached hydrogen (secondary N) is 1. The van der Waals surface area contributed by atoms with Crippen LogP contribution in [-0.2, 0) is 14.6 Å². The van der Waals surface area contributed by atoms with Crippen molar-refractivity contribution in [3.63, 3.8) is 0 Å². The van der Waals surface area contributed by atoms with Gasteiger partial charge in [0, 0.05) is 18.8 Å². The fourth-order valence-corrected chi connectivity index (χ4v) is 4.52. The quantitative estimate of drug-likeness (QED) is 0.898. The molecular formula is C16H24N2O3S. The zero-order valence-electron chi connectivity index (χ0n) is 13.4. The first-order valence-electron chi connectivity index (χ1n) is 7.59. The lowest BCUT2D eigenvalue weighted by molar-refractivity contribution is -0.129.